The Kier molecular flexibility index (Phi) is 5.45. The molecule has 0 saturated carbocycles. The maximum Gasteiger partial charge on any atom is 0.322 e. The number of carboxylic acid groups (broad SMARTS) is 1. The first-order valence-corrected chi connectivity index (χ1v) is 5.95. The van der Waals surface area contributed by atoms with Crippen LogP contribution in [0.3, 0.4) is 0 Å². The maximum atomic E-state index is 10.8. The molecule has 0 saturated heterocycles. The molecular weight excluding hydrogens is 232 g/mol. The van der Waals surface area contributed by atoms with Gasteiger partial charge < -0.3 is 20.5 Å². The Bertz CT molecular complexity index is 407. The van der Waals surface area contributed by atoms with E-state index in [4.69, 9.17) is 9.84 Å². The van der Waals surface area contributed by atoms with Crippen LogP contribution in [0.1, 0.15) is 12.5 Å². The van der Waals surface area contributed by atoms with E-state index in [1.165, 1.54) is 0 Å². The monoisotopic (exact) mass is 252 g/mol. The van der Waals surface area contributed by atoms with Crippen molar-refractivity contribution in [2.45, 2.75) is 19.9 Å². The standard InChI is InChI=1S/C13H20N2O3/c1-4-18-12-6-5-10(7-9(12)2)15-8-11(14-3)13(16)17/h5-7,11,14-15H,4,8H2,1-3H3,(H,16,17). The van der Waals surface area contributed by atoms with Crippen LogP contribution in [0.15, 0.2) is 18.2 Å². The number of hydrogen-bond acceptors (Lipinski definition) is 4. The fraction of sp³-hybridized carbons (Fsp3) is 0.462. The molecule has 1 unspecified atom stereocenters. The van der Waals surface area contributed by atoms with Crippen LogP contribution < -0.4 is 15.4 Å². The Balaban J connectivity index is 2.63. The lowest BCUT2D eigenvalue weighted by atomic mass is 10.2. The summed E-state index contributed by atoms with van der Waals surface area (Å²) >= 11 is 0. The van der Waals surface area contributed by atoms with E-state index in [1.807, 2.05) is 32.0 Å². The summed E-state index contributed by atoms with van der Waals surface area (Å²) in [6.45, 7) is 4.87. The summed E-state index contributed by atoms with van der Waals surface area (Å²) in [6.07, 6.45) is 0. The number of rotatable bonds is 7. The molecule has 0 heterocycles. The van der Waals surface area contributed by atoms with Crippen molar-refractivity contribution in [3.05, 3.63) is 23.8 Å². The predicted molar refractivity (Wildman–Crippen MR) is 71.3 cm³/mol. The third-order valence-electron chi connectivity index (χ3n) is 2.63. The minimum Gasteiger partial charge on any atom is -0.494 e. The maximum absolute atomic E-state index is 10.8. The third kappa shape index (κ3) is 3.92. The number of carbonyl (C=O) groups is 1. The summed E-state index contributed by atoms with van der Waals surface area (Å²) in [5, 5.41) is 14.7. The Labute approximate surface area is 107 Å². The molecule has 1 aromatic carbocycles. The van der Waals surface area contributed by atoms with Crippen LogP contribution in [0.5, 0.6) is 5.75 Å². The molecular formula is C13H20N2O3. The van der Waals surface area contributed by atoms with E-state index in [0.717, 1.165) is 17.0 Å². The molecule has 3 N–H and O–H groups in total. The average molecular weight is 252 g/mol. The molecule has 0 radical (unpaired) electrons. The quantitative estimate of drug-likeness (QED) is 0.685. The van der Waals surface area contributed by atoms with Crippen LogP contribution in [-0.4, -0.2) is 37.3 Å². The number of likely N-dealkylation sites (N-methyl/N-ethyl adjacent to an activating group) is 1. The van der Waals surface area contributed by atoms with Crippen molar-refractivity contribution in [1.29, 1.82) is 0 Å². The second-order valence-corrected chi connectivity index (χ2v) is 3.97. The summed E-state index contributed by atoms with van der Waals surface area (Å²) < 4.78 is 5.44. The molecule has 18 heavy (non-hydrogen) atoms. The van der Waals surface area contributed by atoms with Crippen molar-refractivity contribution in [3.8, 4) is 5.75 Å². The van der Waals surface area contributed by atoms with Gasteiger partial charge in [0, 0.05) is 12.2 Å². The van der Waals surface area contributed by atoms with Crippen molar-refractivity contribution in [2.75, 3.05) is 25.5 Å². The van der Waals surface area contributed by atoms with E-state index in [1.54, 1.807) is 7.05 Å². The van der Waals surface area contributed by atoms with E-state index >= 15 is 0 Å². The number of hydrogen-bond donors (Lipinski definition) is 3. The second kappa shape index (κ2) is 6.86. The van der Waals surface area contributed by atoms with Crippen LogP contribution in [-0.2, 0) is 4.79 Å². The van der Waals surface area contributed by atoms with Gasteiger partial charge in [-0.15, -0.1) is 0 Å². The zero-order valence-electron chi connectivity index (χ0n) is 11.0. The highest BCUT2D eigenvalue weighted by atomic mass is 16.5. The molecule has 0 bridgehead atoms. The zero-order chi connectivity index (χ0) is 13.5. The van der Waals surface area contributed by atoms with Gasteiger partial charge >= 0.3 is 5.97 Å². The number of anilines is 1. The number of nitrogens with one attached hydrogen (secondary N) is 2. The normalized spacial score (nSPS) is 11.9. The van der Waals surface area contributed by atoms with Gasteiger partial charge in [0.1, 0.15) is 11.8 Å². The van der Waals surface area contributed by atoms with Gasteiger partial charge in [-0.3, -0.25) is 4.79 Å². The first-order chi connectivity index (χ1) is 8.58. The van der Waals surface area contributed by atoms with Crippen molar-refractivity contribution in [1.82, 2.24) is 5.32 Å². The summed E-state index contributed by atoms with van der Waals surface area (Å²) in [5.74, 6) is -0.0147. The number of aryl methyl sites for hydroxylation is 1. The van der Waals surface area contributed by atoms with Crippen molar-refractivity contribution in [3.63, 3.8) is 0 Å². The van der Waals surface area contributed by atoms with Crippen molar-refractivity contribution in [2.24, 2.45) is 0 Å². The zero-order valence-corrected chi connectivity index (χ0v) is 11.0. The van der Waals surface area contributed by atoms with Crippen LogP contribution in [0.4, 0.5) is 5.69 Å². The SMILES string of the molecule is CCOc1ccc(NCC(NC)C(=O)O)cc1C. The average Bonchev–Trinajstić information content (AvgIpc) is 2.33. The van der Waals surface area contributed by atoms with E-state index in [0.29, 0.717) is 13.2 Å². The molecule has 5 nitrogen and oxygen atoms in total. The van der Waals surface area contributed by atoms with E-state index in [-0.39, 0.29) is 0 Å². The predicted octanol–water partition coefficient (Wildman–Crippen LogP) is 1.48. The molecule has 1 atom stereocenters. The Morgan fingerprint density at radius 1 is 1.50 bits per heavy atom. The number of carboxylic acids is 1. The molecule has 5 heteroatoms. The van der Waals surface area contributed by atoms with Gasteiger partial charge in [0.15, 0.2) is 0 Å². The Hall–Kier alpha value is -1.75. The molecule has 0 spiro atoms. The number of aliphatic carboxylic acids is 1. The Morgan fingerprint density at radius 3 is 2.72 bits per heavy atom. The summed E-state index contributed by atoms with van der Waals surface area (Å²) in [5.41, 5.74) is 1.91. The Morgan fingerprint density at radius 2 is 2.22 bits per heavy atom. The lowest BCUT2D eigenvalue weighted by Crippen LogP contribution is -2.39. The van der Waals surface area contributed by atoms with E-state index in [9.17, 15) is 4.79 Å². The summed E-state index contributed by atoms with van der Waals surface area (Å²) in [7, 11) is 1.63. The van der Waals surface area contributed by atoms with Crippen LogP contribution in [0.2, 0.25) is 0 Å². The van der Waals surface area contributed by atoms with Crippen LogP contribution >= 0.6 is 0 Å². The molecule has 0 amide bonds. The number of ether oxygens (including phenoxy) is 1. The second-order valence-electron chi connectivity index (χ2n) is 3.97. The highest BCUT2D eigenvalue weighted by molar-refractivity contribution is 5.74. The lowest BCUT2D eigenvalue weighted by Gasteiger charge is -2.14. The summed E-state index contributed by atoms with van der Waals surface area (Å²) in [6, 6.07) is 5.11. The number of benzene rings is 1. The third-order valence-corrected chi connectivity index (χ3v) is 2.63. The highest BCUT2D eigenvalue weighted by Crippen LogP contribution is 2.21. The molecule has 0 aliphatic carbocycles. The lowest BCUT2D eigenvalue weighted by molar-refractivity contribution is -0.138. The van der Waals surface area contributed by atoms with Gasteiger partial charge in [-0.2, -0.15) is 0 Å². The fourth-order valence-corrected chi connectivity index (χ4v) is 1.61. The fourth-order valence-electron chi connectivity index (χ4n) is 1.61. The van der Waals surface area contributed by atoms with E-state index < -0.39 is 12.0 Å². The molecule has 0 aromatic heterocycles. The van der Waals surface area contributed by atoms with Gasteiger partial charge in [-0.1, -0.05) is 0 Å². The summed E-state index contributed by atoms with van der Waals surface area (Å²) in [4.78, 5) is 10.8. The van der Waals surface area contributed by atoms with Gasteiger partial charge in [-0.05, 0) is 44.7 Å². The topological polar surface area (TPSA) is 70.6 Å². The molecule has 100 valence electrons. The van der Waals surface area contributed by atoms with E-state index in [2.05, 4.69) is 10.6 Å². The highest BCUT2D eigenvalue weighted by Gasteiger charge is 2.14. The van der Waals surface area contributed by atoms with Crippen molar-refractivity contribution >= 4 is 11.7 Å². The van der Waals surface area contributed by atoms with Gasteiger partial charge in [0.2, 0.25) is 0 Å². The van der Waals surface area contributed by atoms with Crippen molar-refractivity contribution < 1.29 is 14.6 Å². The molecule has 0 aliphatic heterocycles. The molecule has 1 aromatic rings. The van der Waals surface area contributed by atoms with Gasteiger partial charge in [0.25, 0.3) is 0 Å². The van der Waals surface area contributed by atoms with Crippen LogP contribution in [0, 0.1) is 6.92 Å². The minimum absolute atomic E-state index is 0.333. The molecule has 0 fully saturated rings. The van der Waals surface area contributed by atoms with Gasteiger partial charge in [0.05, 0.1) is 6.61 Å². The van der Waals surface area contributed by atoms with Gasteiger partial charge in [-0.25, -0.2) is 0 Å². The minimum atomic E-state index is -0.868. The largest absolute Gasteiger partial charge is 0.494 e. The molecule has 1 rings (SSSR count). The first-order valence-electron chi connectivity index (χ1n) is 5.95. The first kappa shape index (κ1) is 14.3. The molecule has 0 aliphatic rings. The van der Waals surface area contributed by atoms with Crippen LogP contribution in [0.25, 0.3) is 0 Å². The smallest absolute Gasteiger partial charge is 0.322 e.